The number of rotatable bonds is 5. The SMILES string of the molecule is Cc1csc2nc(COc3ccccc3NC(=O)c3cccs3)cc(=O)n12. The third-order valence-corrected chi connectivity index (χ3v) is 5.70. The Bertz CT molecular complexity index is 1160. The van der Waals surface area contributed by atoms with Gasteiger partial charge in [-0.2, -0.15) is 0 Å². The Hall–Kier alpha value is -2.97. The van der Waals surface area contributed by atoms with Crippen LogP contribution in [0.4, 0.5) is 5.69 Å². The zero-order valence-corrected chi connectivity index (χ0v) is 16.0. The molecule has 27 heavy (non-hydrogen) atoms. The molecule has 0 radical (unpaired) electrons. The zero-order valence-electron chi connectivity index (χ0n) is 14.3. The number of hydrogen-bond donors (Lipinski definition) is 1. The summed E-state index contributed by atoms with van der Waals surface area (Å²) in [5.74, 6) is 0.333. The molecule has 1 amide bonds. The number of amides is 1. The predicted octanol–water partition coefficient (Wildman–Crippen LogP) is 3.96. The quantitative estimate of drug-likeness (QED) is 0.553. The Morgan fingerprint density at radius 3 is 2.89 bits per heavy atom. The molecular weight excluding hydrogens is 382 g/mol. The van der Waals surface area contributed by atoms with Crippen LogP contribution >= 0.6 is 22.7 Å². The van der Waals surface area contributed by atoms with Crippen molar-refractivity contribution in [2.24, 2.45) is 0 Å². The number of carbonyl (C=O) groups excluding carboxylic acids is 1. The maximum atomic E-state index is 12.3. The van der Waals surface area contributed by atoms with Gasteiger partial charge in [0.05, 0.1) is 16.3 Å². The molecule has 0 unspecified atom stereocenters. The first-order chi connectivity index (χ1) is 13.1. The fraction of sp³-hybridized carbons (Fsp3) is 0.105. The molecule has 1 N–H and O–H groups in total. The van der Waals surface area contributed by atoms with Crippen LogP contribution in [0.1, 0.15) is 21.1 Å². The van der Waals surface area contributed by atoms with Gasteiger partial charge in [0.25, 0.3) is 11.5 Å². The minimum atomic E-state index is -0.187. The van der Waals surface area contributed by atoms with E-state index in [1.165, 1.54) is 28.7 Å². The molecule has 4 aromatic rings. The topological polar surface area (TPSA) is 72.7 Å². The molecule has 0 aliphatic rings. The van der Waals surface area contributed by atoms with Crippen molar-refractivity contribution in [1.82, 2.24) is 9.38 Å². The number of hydrogen-bond acceptors (Lipinski definition) is 6. The largest absolute Gasteiger partial charge is 0.485 e. The first kappa shape index (κ1) is 17.4. The van der Waals surface area contributed by atoms with Gasteiger partial charge in [-0.15, -0.1) is 22.7 Å². The normalized spacial score (nSPS) is 10.9. The van der Waals surface area contributed by atoms with Crippen LogP contribution in [-0.4, -0.2) is 15.3 Å². The van der Waals surface area contributed by atoms with Crippen molar-refractivity contribution in [3.05, 3.63) is 79.8 Å². The van der Waals surface area contributed by atoms with Crippen LogP contribution in [0.3, 0.4) is 0 Å². The molecular formula is C19H15N3O3S2. The van der Waals surface area contributed by atoms with Crippen molar-refractivity contribution in [2.45, 2.75) is 13.5 Å². The van der Waals surface area contributed by atoms with Gasteiger partial charge in [-0.05, 0) is 30.5 Å². The number of nitrogens with one attached hydrogen (secondary N) is 1. The molecule has 0 aliphatic carbocycles. The molecule has 6 nitrogen and oxygen atoms in total. The number of para-hydroxylation sites is 2. The summed E-state index contributed by atoms with van der Waals surface area (Å²) in [4.78, 5) is 30.3. The lowest BCUT2D eigenvalue weighted by molar-refractivity contribution is 0.103. The molecule has 0 bridgehead atoms. The Kier molecular flexibility index (Phi) is 4.74. The fourth-order valence-corrected chi connectivity index (χ4v) is 4.12. The Labute approximate surface area is 162 Å². The second-order valence-corrected chi connectivity index (χ2v) is 7.58. The van der Waals surface area contributed by atoms with Crippen LogP contribution in [0, 0.1) is 6.92 Å². The Morgan fingerprint density at radius 2 is 2.07 bits per heavy atom. The van der Waals surface area contributed by atoms with Gasteiger partial charge in [0.1, 0.15) is 12.4 Å². The fourth-order valence-electron chi connectivity index (χ4n) is 2.61. The van der Waals surface area contributed by atoms with E-state index >= 15 is 0 Å². The first-order valence-corrected chi connectivity index (χ1v) is 9.91. The maximum absolute atomic E-state index is 12.3. The van der Waals surface area contributed by atoms with E-state index in [1.807, 2.05) is 35.9 Å². The van der Waals surface area contributed by atoms with E-state index in [2.05, 4.69) is 10.3 Å². The number of aromatic nitrogens is 2. The number of carbonyl (C=O) groups is 1. The number of thiophene rings is 1. The van der Waals surface area contributed by atoms with Gasteiger partial charge in [0.15, 0.2) is 4.96 Å². The summed E-state index contributed by atoms with van der Waals surface area (Å²) in [6.07, 6.45) is 0. The highest BCUT2D eigenvalue weighted by atomic mass is 32.1. The highest BCUT2D eigenvalue weighted by Gasteiger charge is 2.12. The molecule has 3 aromatic heterocycles. The molecule has 1 aromatic carbocycles. The second kappa shape index (κ2) is 7.34. The molecule has 4 rings (SSSR count). The summed E-state index contributed by atoms with van der Waals surface area (Å²) in [6.45, 7) is 2.00. The number of aryl methyl sites for hydroxylation is 1. The summed E-state index contributed by atoms with van der Waals surface area (Å²) in [5, 5.41) is 6.60. The number of thiazole rings is 1. The van der Waals surface area contributed by atoms with E-state index in [0.717, 1.165) is 5.69 Å². The van der Waals surface area contributed by atoms with E-state index in [4.69, 9.17) is 4.74 Å². The number of anilines is 1. The number of benzene rings is 1. The summed E-state index contributed by atoms with van der Waals surface area (Å²) < 4.78 is 7.41. The Morgan fingerprint density at radius 1 is 1.22 bits per heavy atom. The minimum Gasteiger partial charge on any atom is -0.485 e. The van der Waals surface area contributed by atoms with Crippen LogP contribution in [0.25, 0.3) is 4.96 Å². The molecule has 0 atom stereocenters. The lowest BCUT2D eigenvalue weighted by atomic mass is 10.3. The van der Waals surface area contributed by atoms with Gasteiger partial charge in [-0.1, -0.05) is 18.2 Å². The van der Waals surface area contributed by atoms with Crippen LogP contribution in [0.15, 0.2) is 58.0 Å². The second-order valence-electron chi connectivity index (χ2n) is 5.80. The minimum absolute atomic E-state index is 0.128. The molecule has 8 heteroatoms. The smallest absolute Gasteiger partial charge is 0.265 e. The number of nitrogens with zero attached hydrogens (tertiary/aromatic N) is 2. The van der Waals surface area contributed by atoms with Gasteiger partial charge in [0.2, 0.25) is 0 Å². The van der Waals surface area contributed by atoms with Gasteiger partial charge >= 0.3 is 0 Å². The van der Waals surface area contributed by atoms with Gasteiger partial charge in [-0.25, -0.2) is 4.98 Å². The highest BCUT2D eigenvalue weighted by molar-refractivity contribution is 7.15. The van der Waals surface area contributed by atoms with Crippen molar-refractivity contribution in [2.75, 3.05) is 5.32 Å². The van der Waals surface area contributed by atoms with Crippen molar-refractivity contribution in [1.29, 1.82) is 0 Å². The lowest BCUT2D eigenvalue weighted by Crippen LogP contribution is -2.16. The highest BCUT2D eigenvalue weighted by Crippen LogP contribution is 2.26. The average molecular weight is 397 g/mol. The van der Waals surface area contributed by atoms with Crippen molar-refractivity contribution in [3.8, 4) is 5.75 Å². The van der Waals surface area contributed by atoms with Crippen molar-refractivity contribution < 1.29 is 9.53 Å². The molecule has 3 heterocycles. The third kappa shape index (κ3) is 3.62. The Balaban J connectivity index is 1.53. The van der Waals surface area contributed by atoms with Crippen LogP contribution in [0.2, 0.25) is 0 Å². The summed E-state index contributed by atoms with van der Waals surface area (Å²) in [5.41, 5.74) is 1.85. The first-order valence-electron chi connectivity index (χ1n) is 8.15. The van der Waals surface area contributed by atoms with E-state index in [9.17, 15) is 9.59 Å². The molecule has 0 spiro atoms. The van der Waals surface area contributed by atoms with Gasteiger partial charge in [0, 0.05) is 17.1 Å². The van der Waals surface area contributed by atoms with E-state index in [-0.39, 0.29) is 18.1 Å². The summed E-state index contributed by atoms with van der Waals surface area (Å²) in [7, 11) is 0. The van der Waals surface area contributed by atoms with Gasteiger partial charge < -0.3 is 10.1 Å². The molecule has 136 valence electrons. The van der Waals surface area contributed by atoms with E-state index < -0.39 is 0 Å². The van der Waals surface area contributed by atoms with Crippen LogP contribution in [-0.2, 0) is 6.61 Å². The summed E-state index contributed by atoms with van der Waals surface area (Å²) in [6, 6.07) is 12.2. The average Bonchev–Trinajstić information content (AvgIpc) is 3.31. The third-order valence-electron chi connectivity index (χ3n) is 3.88. The van der Waals surface area contributed by atoms with Crippen LogP contribution in [0.5, 0.6) is 5.75 Å². The van der Waals surface area contributed by atoms with Gasteiger partial charge in [-0.3, -0.25) is 14.0 Å². The summed E-state index contributed by atoms with van der Waals surface area (Å²) >= 11 is 2.79. The van der Waals surface area contributed by atoms with Crippen molar-refractivity contribution in [3.63, 3.8) is 0 Å². The zero-order chi connectivity index (χ0) is 18.8. The number of fused-ring (bicyclic) bond motifs is 1. The molecule has 0 fully saturated rings. The number of ether oxygens (including phenoxy) is 1. The van der Waals surface area contributed by atoms with E-state index in [0.29, 0.717) is 27.0 Å². The van der Waals surface area contributed by atoms with E-state index in [1.54, 1.807) is 22.6 Å². The molecule has 0 aliphatic heterocycles. The van der Waals surface area contributed by atoms with Crippen molar-refractivity contribution >= 4 is 39.2 Å². The maximum Gasteiger partial charge on any atom is 0.265 e. The standard InChI is InChI=1S/C19H15N3O3S2/c1-12-11-27-19-20-13(9-17(23)22(12)19)10-25-15-6-3-2-5-14(15)21-18(24)16-7-4-8-26-16/h2-9,11H,10H2,1H3,(H,21,24). The monoisotopic (exact) mass is 397 g/mol. The van der Waals surface area contributed by atoms with Crippen LogP contribution < -0.4 is 15.6 Å². The molecule has 0 saturated heterocycles. The lowest BCUT2D eigenvalue weighted by Gasteiger charge is -2.12. The molecule has 0 saturated carbocycles. The predicted molar refractivity (Wildman–Crippen MR) is 107 cm³/mol.